The highest BCUT2D eigenvalue weighted by molar-refractivity contribution is 5.80. The van der Waals surface area contributed by atoms with Crippen molar-refractivity contribution in [1.29, 1.82) is 0 Å². The maximum atomic E-state index is 14.0. The summed E-state index contributed by atoms with van der Waals surface area (Å²) in [6.07, 6.45) is 0. The first-order valence-electron chi connectivity index (χ1n) is 8.95. The van der Waals surface area contributed by atoms with Gasteiger partial charge in [0.2, 0.25) is 0 Å². The van der Waals surface area contributed by atoms with Crippen LogP contribution in [-0.2, 0) is 13.6 Å². The first kappa shape index (κ1) is 18.2. The van der Waals surface area contributed by atoms with Gasteiger partial charge in [-0.25, -0.2) is 4.39 Å². The minimum absolute atomic E-state index is 0.161. The Kier molecular flexibility index (Phi) is 5.44. The monoisotopic (exact) mass is 358 g/mol. The molecule has 2 aromatic rings. The lowest BCUT2D eigenvalue weighted by Gasteiger charge is -2.37. The normalized spacial score (nSPS) is 15.5. The maximum Gasteiger partial charge on any atom is 0.194 e. The zero-order valence-electron chi connectivity index (χ0n) is 16.0. The molecule has 1 fully saturated rings. The van der Waals surface area contributed by atoms with Crippen molar-refractivity contribution in [2.45, 2.75) is 20.4 Å². The lowest BCUT2D eigenvalue weighted by molar-refractivity contribution is 0.370. The van der Waals surface area contributed by atoms with E-state index in [1.165, 1.54) is 11.6 Å². The quantitative estimate of drug-likeness (QED) is 0.674. The predicted octanol–water partition coefficient (Wildman–Crippen LogP) is 2.07. The minimum Gasteiger partial charge on any atom is -0.366 e. The van der Waals surface area contributed by atoms with Gasteiger partial charge in [-0.1, -0.05) is 12.1 Å². The summed E-state index contributed by atoms with van der Waals surface area (Å²) in [5.74, 6) is 0.715. The number of nitrogens with one attached hydrogen (secondary N) is 1. The fraction of sp³-hybridized carbons (Fsp3) is 0.474. The van der Waals surface area contributed by atoms with E-state index in [-0.39, 0.29) is 5.82 Å². The molecule has 6 nitrogen and oxygen atoms in total. The van der Waals surface area contributed by atoms with Gasteiger partial charge in [-0.2, -0.15) is 5.10 Å². The number of anilines is 1. The average Bonchev–Trinajstić information content (AvgIpc) is 2.89. The van der Waals surface area contributed by atoms with Gasteiger partial charge in [0.15, 0.2) is 5.96 Å². The molecule has 3 rings (SSSR count). The molecule has 140 valence electrons. The zero-order chi connectivity index (χ0) is 18.7. The van der Waals surface area contributed by atoms with Crippen LogP contribution in [0.15, 0.2) is 29.3 Å². The maximum absolute atomic E-state index is 14.0. The van der Waals surface area contributed by atoms with E-state index < -0.39 is 0 Å². The third kappa shape index (κ3) is 3.66. The number of para-hydroxylation sites is 1. The van der Waals surface area contributed by atoms with E-state index in [2.05, 4.69) is 32.1 Å². The summed E-state index contributed by atoms with van der Waals surface area (Å²) < 4.78 is 15.9. The number of guanidine groups is 1. The van der Waals surface area contributed by atoms with Crippen molar-refractivity contribution in [3.63, 3.8) is 0 Å². The van der Waals surface area contributed by atoms with Crippen molar-refractivity contribution >= 4 is 11.6 Å². The molecule has 0 bridgehead atoms. The first-order chi connectivity index (χ1) is 12.5. The Bertz CT molecular complexity index is 789. The van der Waals surface area contributed by atoms with Crippen molar-refractivity contribution in [3.8, 4) is 0 Å². The molecule has 0 amide bonds. The summed E-state index contributed by atoms with van der Waals surface area (Å²) >= 11 is 0. The van der Waals surface area contributed by atoms with Gasteiger partial charge in [0.05, 0.1) is 11.4 Å². The average molecular weight is 358 g/mol. The van der Waals surface area contributed by atoms with Gasteiger partial charge in [0, 0.05) is 58.1 Å². The molecule has 0 unspecified atom stereocenters. The molecule has 0 atom stereocenters. The Labute approximate surface area is 154 Å². The van der Waals surface area contributed by atoms with Gasteiger partial charge in [0.1, 0.15) is 5.82 Å². The third-order valence-electron chi connectivity index (χ3n) is 5.07. The smallest absolute Gasteiger partial charge is 0.194 e. The molecule has 0 saturated carbocycles. The fourth-order valence-electron chi connectivity index (χ4n) is 3.44. The van der Waals surface area contributed by atoms with Crippen LogP contribution in [-0.4, -0.2) is 53.9 Å². The number of piperazine rings is 1. The van der Waals surface area contributed by atoms with E-state index in [4.69, 9.17) is 0 Å². The highest BCUT2D eigenvalue weighted by Crippen LogP contribution is 2.20. The molecule has 1 aromatic heterocycles. The minimum atomic E-state index is -0.161. The number of benzene rings is 1. The molecular formula is C19H27FN6. The van der Waals surface area contributed by atoms with Crippen LogP contribution < -0.4 is 10.2 Å². The lowest BCUT2D eigenvalue weighted by Crippen LogP contribution is -2.52. The number of hydrogen-bond donors (Lipinski definition) is 1. The van der Waals surface area contributed by atoms with Crippen LogP contribution in [0.2, 0.25) is 0 Å². The molecule has 0 spiro atoms. The van der Waals surface area contributed by atoms with E-state index in [9.17, 15) is 4.39 Å². The fourth-order valence-corrected chi connectivity index (χ4v) is 3.44. The van der Waals surface area contributed by atoms with E-state index in [0.717, 1.165) is 43.5 Å². The van der Waals surface area contributed by atoms with Gasteiger partial charge in [-0.15, -0.1) is 0 Å². The number of nitrogens with zero attached hydrogens (tertiary/aromatic N) is 5. The van der Waals surface area contributed by atoms with Crippen molar-refractivity contribution < 1.29 is 4.39 Å². The van der Waals surface area contributed by atoms with Crippen LogP contribution >= 0.6 is 0 Å². The molecule has 1 saturated heterocycles. The summed E-state index contributed by atoms with van der Waals surface area (Å²) in [4.78, 5) is 8.73. The molecule has 0 radical (unpaired) electrons. The van der Waals surface area contributed by atoms with Gasteiger partial charge in [-0.05, 0) is 26.0 Å². The number of aryl methyl sites for hydroxylation is 2. The van der Waals surface area contributed by atoms with Crippen molar-refractivity contribution in [1.82, 2.24) is 20.0 Å². The van der Waals surface area contributed by atoms with Crippen molar-refractivity contribution in [2.75, 3.05) is 38.1 Å². The van der Waals surface area contributed by atoms with Gasteiger partial charge in [-0.3, -0.25) is 9.67 Å². The molecule has 1 N–H and O–H groups in total. The molecular weight excluding hydrogens is 331 g/mol. The highest BCUT2D eigenvalue weighted by atomic mass is 19.1. The standard InChI is InChI=1S/C19H27FN6/c1-14-16(15(2)24(4)23-14)13-22-19(21-3)26-11-9-25(10-12-26)18-8-6-5-7-17(18)20/h5-8H,9-13H2,1-4H3,(H,21,22). The number of aliphatic imine (C=N–C) groups is 1. The Balaban J connectivity index is 1.60. The molecule has 7 heteroatoms. The summed E-state index contributed by atoms with van der Waals surface area (Å²) in [6, 6.07) is 6.96. The van der Waals surface area contributed by atoms with Gasteiger partial charge in [0.25, 0.3) is 0 Å². The van der Waals surface area contributed by atoms with Gasteiger partial charge >= 0.3 is 0 Å². The van der Waals surface area contributed by atoms with Crippen LogP contribution in [0.5, 0.6) is 0 Å². The van der Waals surface area contributed by atoms with E-state index in [1.54, 1.807) is 13.1 Å². The SMILES string of the molecule is CN=C(NCc1c(C)nn(C)c1C)N1CCN(c2ccccc2F)CC1. The molecule has 1 aromatic carbocycles. The Morgan fingerprint density at radius 1 is 1.19 bits per heavy atom. The molecule has 0 aliphatic carbocycles. The summed E-state index contributed by atoms with van der Waals surface area (Å²) in [5.41, 5.74) is 4.09. The summed E-state index contributed by atoms with van der Waals surface area (Å²) in [5, 5.41) is 7.91. The van der Waals surface area contributed by atoms with Crippen LogP contribution in [0.4, 0.5) is 10.1 Å². The van der Waals surface area contributed by atoms with Crippen LogP contribution in [0.3, 0.4) is 0 Å². The lowest BCUT2D eigenvalue weighted by atomic mass is 10.2. The van der Waals surface area contributed by atoms with Crippen molar-refractivity contribution in [2.24, 2.45) is 12.0 Å². The second-order valence-electron chi connectivity index (χ2n) is 6.60. The number of halogens is 1. The Morgan fingerprint density at radius 3 is 2.46 bits per heavy atom. The molecule has 1 aliphatic heterocycles. The highest BCUT2D eigenvalue weighted by Gasteiger charge is 2.21. The van der Waals surface area contributed by atoms with Gasteiger partial charge < -0.3 is 15.1 Å². The number of aromatic nitrogens is 2. The number of hydrogen-bond acceptors (Lipinski definition) is 3. The Hall–Kier alpha value is -2.57. The molecule has 26 heavy (non-hydrogen) atoms. The van der Waals surface area contributed by atoms with Crippen LogP contribution in [0, 0.1) is 19.7 Å². The van der Waals surface area contributed by atoms with E-state index in [0.29, 0.717) is 12.2 Å². The third-order valence-corrected chi connectivity index (χ3v) is 5.07. The largest absolute Gasteiger partial charge is 0.366 e. The first-order valence-corrected chi connectivity index (χ1v) is 8.95. The predicted molar refractivity (Wildman–Crippen MR) is 103 cm³/mol. The second kappa shape index (κ2) is 7.76. The van der Waals surface area contributed by atoms with E-state index in [1.807, 2.05) is 30.8 Å². The van der Waals surface area contributed by atoms with E-state index >= 15 is 0 Å². The Morgan fingerprint density at radius 2 is 1.88 bits per heavy atom. The molecule has 1 aliphatic rings. The van der Waals surface area contributed by atoms with Crippen molar-refractivity contribution in [3.05, 3.63) is 47.0 Å². The summed E-state index contributed by atoms with van der Waals surface area (Å²) in [6.45, 7) is 7.95. The molecule has 2 heterocycles. The summed E-state index contributed by atoms with van der Waals surface area (Å²) in [7, 11) is 3.76. The van der Waals surface area contributed by atoms with Crippen LogP contribution in [0.1, 0.15) is 17.0 Å². The number of rotatable bonds is 3. The van der Waals surface area contributed by atoms with Crippen LogP contribution in [0.25, 0.3) is 0 Å². The topological polar surface area (TPSA) is 48.7 Å². The second-order valence-corrected chi connectivity index (χ2v) is 6.60. The zero-order valence-corrected chi connectivity index (χ0v) is 16.0.